The lowest BCUT2D eigenvalue weighted by Gasteiger charge is -2.10. The van der Waals surface area contributed by atoms with Gasteiger partial charge in [-0.3, -0.25) is 9.52 Å². The van der Waals surface area contributed by atoms with Crippen molar-refractivity contribution >= 4 is 38.9 Å². The summed E-state index contributed by atoms with van der Waals surface area (Å²) in [5, 5.41) is 3.21. The van der Waals surface area contributed by atoms with Crippen molar-refractivity contribution in [2.45, 2.75) is 18.2 Å². The van der Waals surface area contributed by atoms with Gasteiger partial charge in [0.25, 0.3) is 10.0 Å². The second kappa shape index (κ2) is 8.63. The van der Waals surface area contributed by atoms with Crippen LogP contribution in [0.3, 0.4) is 0 Å². The Labute approximate surface area is 173 Å². The van der Waals surface area contributed by atoms with Crippen LogP contribution >= 0.6 is 11.6 Å². The maximum atomic E-state index is 13.0. The van der Waals surface area contributed by atoms with Crippen LogP contribution < -0.4 is 10.0 Å². The van der Waals surface area contributed by atoms with E-state index < -0.39 is 15.8 Å². The molecule has 8 heteroatoms. The zero-order valence-electron chi connectivity index (χ0n) is 15.4. The predicted octanol–water partition coefficient (Wildman–Crippen LogP) is 4.77. The maximum absolute atomic E-state index is 13.0. The molecule has 0 bridgehead atoms. The summed E-state index contributed by atoms with van der Waals surface area (Å²) in [5.74, 6) is -0.756. The lowest BCUT2D eigenvalue weighted by atomic mass is 10.1. The van der Waals surface area contributed by atoms with Gasteiger partial charge in [0.1, 0.15) is 5.82 Å². The summed E-state index contributed by atoms with van der Waals surface area (Å²) >= 11 is 6.12. The highest BCUT2D eigenvalue weighted by Crippen LogP contribution is 2.23. The van der Waals surface area contributed by atoms with Crippen molar-refractivity contribution in [3.05, 3.63) is 88.7 Å². The molecule has 0 aliphatic heterocycles. The second-order valence-electron chi connectivity index (χ2n) is 6.46. The average Bonchev–Trinajstić information content (AvgIpc) is 2.66. The van der Waals surface area contributed by atoms with Crippen molar-refractivity contribution < 1.29 is 17.6 Å². The van der Waals surface area contributed by atoms with E-state index in [9.17, 15) is 17.6 Å². The van der Waals surface area contributed by atoms with E-state index in [1.165, 1.54) is 12.1 Å². The molecule has 0 saturated heterocycles. The van der Waals surface area contributed by atoms with Crippen molar-refractivity contribution in [3.8, 4) is 0 Å². The zero-order valence-corrected chi connectivity index (χ0v) is 17.0. The third-order valence-corrected chi connectivity index (χ3v) is 5.80. The van der Waals surface area contributed by atoms with Gasteiger partial charge in [0, 0.05) is 5.69 Å². The number of carbonyl (C=O) groups excluding carboxylic acids is 1. The number of sulfonamides is 1. The van der Waals surface area contributed by atoms with Crippen molar-refractivity contribution in [1.29, 1.82) is 0 Å². The first-order valence-corrected chi connectivity index (χ1v) is 10.5. The van der Waals surface area contributed by atoms with Crippen LogP contribution in [-0.2, 0) is 21.2 Å². The Morgan fingerprint density at radius 2 is 1.66 bits per heavy atom. The number of anilines is 2. The molecule has 29 heavy (non-hydrogen) atoms. The molecular formula is C21H18ClFN2O3S. The van der Waals surface area contributed by atoms with Crippen LogP contribution in [-0.4, -0.2) is 14.3 Å². The number of benzene rings is 3. The lowest BCUT2D eigenvalue weighted by molar-refractivity contribution is -0.115. The number of carbonyl (C=O) groups is 1. The fourth-order valence-corrected chi connectivity index (χ4v) is 3.96. The smallest absolute Gasteiger partial charge is 0.261 e. The average molecular weight is 433 g/mol. The van der Waals surface area contributed by atoms with Crippen LogP contribution in [0.15, 0.2) is 71.6 Å². The Morgan fingerprint density at radius 3 is 2.28 bits per heavy atom. The van der Waals surface area contributed by atoms with Gasteiger partial charge in [-0.05, 0) is 66.6 Å². The molecule has 0 aliphatic carbocycles. The van der Waals surface area contributed by atoms with Crippen LogP contribution in [0.25, 0.3) is 0 Å². The van der Waals surface area contributed by atoms with E-state index in [4.69, 9.17) is 11.6 Å². The zero-order chi connectivity index (χ0) is 21.0. The SMILES string of the molecule is Cc1ccc(NC(=O)Cc2ccc(NS(=O)(=O)c3ccc(F)cc3)cc2)c(Cl)c1. The Balaban J connectivity index is 1.63. The van der Waals surface area contributed by atoms with E-state index in [2.05, 4.69) is 10.0 Å². The molecule has 0 spiro atoms. The summed E-state index contributed by atoms with van der Waals surface area (Å²) < 4.78 is 40.0. The third-order valence-electron chi connectivity index (χ3n) is 4.09. The summed E-state index contributed by atoms with van der Waals surface area (Å²) in [6, 6.07) is 16.3. The van der Waals surface area contributed by atoms with Gasteiger partial charge in [0.15, 0.2) is 0 Å². The van der Waals surface area contributed by atoms with Gasteiger partial charge < -0.3 is 5.32 Å². The van der Waals surface area contributed by atoms with E-state index in [1.807, 2.05) is 13.0 Å². The fourth-order valence-electron chi connectivity index (χ4n) is 2.62. The molecule has 5 nitrogen and oxygen atoms in total. The molecule has 0 aromatic heterocycles. The van der Waals surface area contributed by atoms with Crippen LogP contribution in [0.4, 0.5) is 15.8 Å². The van der Waals surface area contributed by atoms with E-state index >= 15 is 0 Å². The van der Waals surface area contributed by atoms with Crippen molar-refractivity contribution in [1.82, 2.24) is 0 Å². The minimum atomic E-state index is -3.83. The Hall–Kier alpha value is -2.90. The van der Waals surface area contributed by atoms with Gasteiger partial charge in [0.05, 0.1) is 22.0 Å². The van der Waals surface area contributed by atoms with Crippen LogP contribution in [0.5, 0.6) is 0 Å². The summed E-state index contributed by atoms with van der Waals surface area (Å²) in [4.78, 5) is 12.2. The first-order chi connectivity index (χ1) is 13.7. The van der Waals surface area contributed by atoms with E-state index in [0.29, 0.717) is 22.0 Å². The molecule has 0 fully saturated rings. The summed E-state index contributed by atoms with van der Waals surface area (Å²) in [6.07, 6.45) is 0.106. The van der Waals surface area contributed by atoms with Crippen molar-refractivity contribution in [2.24, 2.45) is 0 Å². The molecule has 3 rings (SSSR count). The molecule has 3 aromatic carbocycles. The number of hydrogen-bond acceptors (Lipinski definition) is 3. The molecule has 1 amide bonds. The van der Waals surface area contributed by atoms with Gasteiger partial charge in [-0.15, -0.1) is 0 Å². The van der Waals surface area contributed by atoms with Crippen molar-refractivity contribution in [2.75, 3.05) is 10.0 Å². The Bertz CT molecular complexity index is 1130. The molecular weight excluding hydrogens is 415 g/mol. The van der Waals surface area contributed by atoms with E-state index in [0.717, 1.165) is 17.7 Å². The first kappa shape index (κ1) is 20.8. The molecule has 3 aromatic rings. The lowest BCUT2D eigenvalue weighted by Crippen LogP contribution is -2.15. The minimum Gasteiger partial charge on any atom is -0.324 e. The standard InChI is InChI=1S/C21H18ClFN2O3S/c1-14-2-11-20(19(22)12-14)24-21(26)13-15-3-7-17(8-4-15)25-29(27,28)18-9-5-16(23)6-10-18/h2-12,25H,13H2,1H3,(H,24,26). The third kappa shape index (κ3) is 5.56. The highest BCUT2D eigenvalue weighted by molar-refractivity contribution is 7.92. The highest BCUT2D eigenvalue weighted by Gasteiger charge is 2.14. The molecule has 150 valence electrons. The number of amides is 1. The minimum absolute atomic E-state index is 0.0441. The number of aryl methyl sites for hydroxylation is 1. The quantitative estimate of drug-likeness (QED) is 0.589. The summed E-state index contributed by atoms with van der Waals surface area (Å²) in [6.45, 7) is 1.91. The molecule has 0 heterocycles. The summed E-state index contributed by atoms with van der Waals surface area (Å²) in [5.41, 5.74) is 2.56. The maximum Gasteiger partial charge on any atom is 0.261 e. The molecule has 0 radical (unpaired) electrons. The van der Waals surface area contributed by atoms with Crippen LogP contribution in [0.2, 0.25) is 5.02 Å². The fraction of sp³-hybridized carbons (Fsp3) is 0.0952. The number of rotatable bonds is 6. The Morgan fingerprint density at radius 1 is 1.00 bits per heavy atom. The number of nitrogens with one attached hydrogen (secondary N) is 2. The van der Waals surface area contributed by atoms with Gasteiger partial charge in [-0.1, -0.05) is 29.8 Å². The van der Waals surface area contributed by atoms with Crippen molar-refractivity contribution in [3.63, 3.8) is 0 Å². The predicted molar refractivity (Wildman–Crippen MR) is 112 cm³/mol. The van der Waals surface area contributed by atoms with Gasteiger partial charge >= 0.3 is 0 Å². The molecule has 0 saturated carbocycles. The Kier molecular flexibility index (Phi) is 6.20. The van der Waals surface area contributed by atoms with Gasteiger partial charge in [0.2, 0.25) is 5.91 Å². The van der Waals surface area contributed by atoms with Crippen LogP contribution in [0.1, 0.15) is 11.1 Å². The largest absolute Gasteiger partial charge is 0.324 e. The van der Waals surface area contributed by atoms with Crippen LogP contribution in [0, 0.1) is 12.7 Å². The first-order valence-electron chi connectivity index (χ1n) is 8.66. The normalized spacial score (nSPS) is 11.1. The highest BCUT2D eigenvalue weighted by atomic mass is 35.5. The topological polar surface area (TPSA) is 75.3 Å². The van der Waals surface area contributed by atoms with Gasteiger partial charge in [-0.25, -0.2) is 12.8 Å². The van der Waals surface area contributed by atoms with E-state index in [1.54, 1.807) is 36.4 Å². The second-order valence-corrected chi connectivity index (χ2v) is 8.55. The molecule has 2 N–H and O–H groups in total. The summed E-state index contributed by atoms with van der Waals surface area (Å²) in [7, 11) is -3.83. The van der Waals surface area contributed by atoms with Gasteiger partial charge in [-0.2, -0.15) is 0 Å². The number of hydrogen-bond donors (Lipinski definition) is 2. The van der Waals surface area contributed by atoms with E-state index in [-0.39, 0.29) is 17.2 Å². The number of halogens is 2. The molecule has 0 unspecified atom stereocenters. The molecule has 0 aliphatic rings. The monoisotopic (exact) mass is 432 g/mol. The molecule has 0 atom stereocenters.